The standard InChI is InChI=1S/C45H57N5O6SSi/c1-44(2,3)58(5,6)56-40(37-21-23-39(51)42-38(37)22-24-41(52)48-42)30-47-29-32-17-19-36(20-18-32)57(54,55)49(4)27-28-50-26-25-35(31-50)45(43(46)53,33-13-9-7-10-14-33)34-15-11-8-12-16-34/h7-24,35,40,47,51H,25-31H2,1-6H3,(H2,46,53)(H,48,52)/t35-,40+/m1/s1. The number of phenolic OH excluding ortho intramolecular Hbond substituents is 1. The molecule has 11 nitrogen and oxygen atoms in total. The number of H-pyrrole nitrogens is 1. The Morgan fingerprint density at radius 2 is 1.59 bits per heavy atom. The Bertz CT molecular complexity index is 2330. The van der Waals surface area contributed by atoms with Crippen molar-refractivity contribution >= 4 is 35.2 Å². The van der Waals surface area contributed by atoms with Gasteiger partial charge >= 0.3 is 0 Å². The van der Waals surface area contributed by atoms with Crippen LogP contribution in [0.1, 0.15) is 55.5 Å². The summed E-state index contributed by atoms with van der Waals surface area (Å²) in [7, 11) is -4.43. The molecule has 308 valence electrons. The maximum Gasteiger partial charge on any atom is 0.248 e. The van der Waals surface area contributed by atoms with E-state index in [1.165, 1.54) is 10.4 Å². The molecule has 1 aromatic heterocycles. The highest BCUT2D eigenvalue weighted by molar-refractivity contribution is 7.89. The average molecular weight is 824 g/mol. The van der Waals surface area contributed by atoms with Crippen molar-refractivity contribution in [2.45, 2.75) is 68.3 Å². The second kappa shape index (κ2) is 17.3. The number of sulfonamides is 1. The van der Waals surface area contributed by atoms with E-state index in [0.717, 1.165) is 35.2 Å². The van der Waals surface area contributed by atoms with Crippen LogP contribution in [0.3, 0.4) is 0 Å². The van der Waals surface area contributed by atoms with E-state index in [0.29, 0.717) is 37.1 Å². The molecule has 2 atom stereocenters. The largest absolute Gasteiger partial charge is 0.506 e. The van der Waals surface area contributed by atoms with Gasteiger partial charge in [-0.25, -0.2) is 8.42 Å². The number of likely N-dealkylation sites (N-methyl/N-ethyl adjacent to an activating group) is 1. The quantitative estimate of drug-likeness (QED) is 0.0822. The maximum atomic E-state index is 13.7. The monoisotopic (exact) mass is 823 g/mol. The minimum absolute atomic E-state index is 0.00483. The lowest BCUT2D eigenvalue weighted by atomic mass is 9.64. The number of fused-ring (bicyclic) bond motifs is 1. The molecule has 1 amide bonds. The lowest BCUT2D eigenvalue weighted by molar-refractivity contribution is -0.123. The molecule has 1 saturated heterocycles. The van der Waals surface area contributed by atoms with Gasteiger partial charge in [-0.3, -0.25) is 9.59 Å². The predicted molar refractivity (Wildman–Crippen MR) is 233 cm³/mol. The van der Waals surface area contributed by atoms with E-state index < -0.39 is 23.8 Å². The normalized spacial score (nSPS) is 16.2. The summed E-state index contributed by atoms with van der Waals surface area (Å²) in [6, 6.07) is 33.0. The van der Waals surface area contributed by atoms with Gasteiger partial charge in [0.05, 0.1) is 16.5 Å². The number of aromatic amines is 1. The first-order chi connectivity index (χ1) is 27.4. The van der Waals surface area contributed by atoms with E-state index in [4.69, 9.17) is 10.2 Å². The van der Waals surface area contributed by atoms with Gasteiger partial charge in [-0.1, -0.05) is 99.6 Å². The molecule has 0 bridgehead atoms. The molecule has 0 unspecified atom stereocenters. The number of phenols is 1. The number of carbonyl (C=O) groups excluding carboxylic acids is 1. The van der Waals surface area contributed by atoms with Gasteiger partial charge in [0.1, 0.15) is 11.2 Å². The summed E-state index contributed by atoms with van der Waals surface area (Å²) < 4.78 is 35.8. The van der Waals surface area contributed by atoms with Crippen LogP contribution in [0.4, 0.5) is 0 Å². The van der Waals surface area contributed by atoms with Gasteiger partial charge < -0.3 is 30.5 Å². The van der Waals surface area contributed by atoms with Crippen molar-refractivity contribution in [3.05, 3.63) is 142 Å². The van der Waals surface area contributed by atoms with Crippen molar-refractivity contribution in [3.8, 4) is 5.75 Å². The molecule has 0 aliphatic carbocycles. The van der Waals surface area contributed by atoms with Crippen LogP contribution in [0, 0.1) is 5.92 Å². The van der Waals surface area contributed by atoms with Crippen LogP contribution >= 0.6 is 0 Å². The number of amides is 1. The number of benzene rings is 4. The molecular weight excluding hydrogens is 767 g/mol. The fourth-order valence-corrected chi connectivity index (χ4v) is 10.3. The Kier molecular flexibility index (Phi) is 12.8. The summed E-state index contributed by atoms with van der Waals surface area (Å²) >= 11 is 0. The van der Waals surface area contributed by atoms with E-state index >= 15 is 0 Å². The molecule has 5 N–H and O–H groups in total. The fraction of sp³-hybridized carbons (Fsp3) is 0.378. The Morgan fingerprint density at radius 1 is 0.966 bits per heavy atom. The highest BCUT2D eigenvalue weighted by Gasteiger charge is 2.49. The third kappa shape index (κ3) is 8.85. The van der Waals surface area contributed by atoms with E-state index in [2.05, 4.69) is 49.1 Å². The zero-order valence-corrected chi connectivity index (χ0v) is 36.2. The summed E-state index contributed by atoms with van der Waals surface area (Å²) in [6.07, 6.45) is 0.367. The number of primary amides is 1. The maximum absolute atomic E-state index is 13.7. The SMILES string of the molecule is CN(CCN1CC[C@@H](C(C(N)=O)(c2ccccc2)c2ccccc2)C1)S(=O)(=O)c1ccc(CNC[C@H](O[Si](C)(C)C(C)(C)C)c2ccc(O)c3[nH]c(=O)ccc23)cc1. The molecule has 5 aromatic rings. The molecular formula is C45H57N5O6SSi. The molecule has 6 rings (SSSR count). The third-order valence-corrected chi connectivity index (χ3v) is 18.6. The Hall–Kier alpha value is -4.63. The van der Waals surface area contributed by atoms with E-state index in [1.807, 2.05) is 78.9 Å². The van der Waals surface area contributed by atoms with E-state index in [9.17, 15) is 23.1 Å². The zero-order chi connectivity index (χ0) is 41.9. The van der Waals surface area contributed by atoms with Crippen LogP contribution in [0.5, 0.6) is 5.75 Å². The number of likely N-dealkylation sites (tertiary alicyclic amines) is 1. The number of pyridine rings is 1. The smallest absolute Gasteiger partial charge is 0.248 e. The number of rotatable bonds is 16. The van der Waals surface area contributed by atoms with Crippen LogP contribution in [0.25, 0.3) is 10.9 Å². The van der Waals surface area contributed by atoms with E-state index in [-0.39, 0.29) is 45.7 Å². The first-order valence-electron chi connectivity index (χ1n) is 19.9. The van der Waals surface area contributed by atoms with Gasteiger partial charge in [-0.2, -0.15) is 4.31 Å². The number of nitrogens with two attached hydrogens (primary N) is 1. The first kappa shape index (κ1) is 43.0. The number of aromatic nitrogens is 1. The number of hydrogen-bond donors (Lipinski definition) is 4. The van der Waals surface area contributed by atoms with Crippen LogP contribution < -0.4 is 16.6 Å². The molecule has 13 heteroatoms. The van der Waals surface area contributed by atoms with Gasteiger partial charge in [0.2, 0.25) is 21.5 Å². The van der Waals surface area contributed by atoms with Crippen LogP contribution in [0.2, 0.25) is 18.1 Å². The molecule has 0 radical (unpaired) electrons. The van der Waals surface area contributed by atoms with Gasteiger partial charge in [0, 0.05) is 51.2 Å². The van der Waals surface area contributed by atoms with Gasteiger partial charge in [0.25, 0.3) is 0 Å². The fourth-order valence-electron chi connectivity index (χ4n) is 7.91. The number of aromatic hydroxyl groups is 1. The van der Waals surface area contributed by atoms with Crippen molar-refractivity contribution < 1.29 is 22.7 Å². The third-order valence-electron chi connectivity index (χ3n) is 12.2. The summed E-state index contributed by atoms with van der Waals surface area (Å²) in [4.78, 5) is 30.8. The van der Waals surface area contributed by atoms with Gasteiger partial charge in [-0.05, 0) is 83.5 Å². The highest BCUT2D eigenvalue weighted by atomic mass is 32.2. The van der Waals surface area contributed by atoms with Gasteiger partial charge in [0.15, 0.2) is 8.32 Å². The molecule has 1 aliphatic rings. The van der Waals surface area contributed by atoms with Crippen LogP contribution in [-0.2, 0) is 31.2 Å². The number of hydrogen-bond acceptors (Lipinski definition) is 8. The molecule has 4 aromatic carbocycles. The lowest BCUT2D eigenvalue weighted by Crippen LogP contribution is -2.49. The molecule has 0 spiro atoms. The second-order valence-corrected chi connectivity index (χ2v) is 23.7. The summed E-state index contributed by atoms with van der Waals surface area (Å²) in [6.45, 7) is 14.0. The van der Waals surface area contributed by atoms with Crippen LogP contribution in [-0.4, -0.2) is 81.7 Å². The minimum Gasteiger partial charge on any atom is -0.506 e. The Balaban J connectivity index is 1.10. The van der Waals surface area contributed by atoms with Crippen molar-refractivity contribution in [2.75, 3.05) is 39.8 Å². The Labute approximate surface area is 343 Å². The van der Waals surface area contributed by atoms with E-state index in [1.54, 1.807) is 31.3 Å². The Morgan fingerprint density at radius 3 is 2.17 bits per heavy atom. The summed E-state index contributed by atoms with van der Waals surface area (Å²) in [5.74, 6) is -0.480. The van der Waals surface area contributed by atoms with Crippen molar-refractivity contribution in [1.29, 1.82) is 0 Å². The molecule has 1 fully saturated rings. The molecule has 1 aliphatic heterocycles. The first-order valence-corrected chi connectivity index (χ1v) is 24.2. The zero-order valence-electron chi connectivity index (χ0n) is 34.4. The van der Waals surface area contributed by atoms with Crippen molar-refractivity contribution in [1.82, 2.24) is 19.5 Å². The second-order valence-electron chi connectivity index (χ2n) is 16.9. The predicted octanol–water partition coefficient (Wildman–Crippen LogP) is 6.50. The lowest BCUT2D eigenvalue weighted by Gasteiger charge is -2.39. The van der Waals surface area contributed by atoms with Crippen molar-refractivity contribution in [3.63, 3.8) is 0 Å². The summed E-state index contributed by atoms with van der Waals surface area (Å²) in [5, 5.41) is 14.7. The highest BCUT2D eigenvalue weighted by Crippen LogP contribution is 2.44. The van der Waals surface area contributed by atoms with Crippen molar-refractivity contribution in [2.24, 2.45) is 11.7 Å². The minimum atomic E-state index is -3.77. The number of carbonyl (C=O) groups is 1. The van der Waals surface area contributed by atoms with Crippen LogP contribution in [0.15, 0.2) is 119 Å². The van der Waals surface area contributed by atoms with Gasteiger partial charge in [-0.15, -0.1) is 0 Å². The average Bonchev–Trinajstić information content (AvgIpc) is 3.66. The number of nitrogens with one attached hydrogen (secondary N) is 2. The summed E-state index contributed by atoms with van der Waals surface area (Å²) in [5.41, 5.74) is 8.83. The number of nitrogens with zero attached hydrogens (tertiary/aromatic N) is 2. The topological polar surface area (TPSA) is 158 Å². The molecule has 0 saturated carbocycles. The molecule has 58 heavy (non-hydrogen) atoms. The molecule has 2 heterocycles.